The highest BCUT2D eigenvalue weighted by Gasteiger charge is 2.48. The minimum atomic E-state index is -4.37. The lowest BCUT2D eigenvalue weighted by Crippen LogP contribution is -2.36. The van der Waals surface area contributed by atoms with E-state index >= 15 is 0 Å². The first-order valence-corrected chi connectivity index (χ1v) is 8.01. The van der Waals surface area contributed by atoms with Crippen molar-refractivity contribution in [1.82, 2.24) is 4.98 Å². The van der Waals surface area contributed by atoms with Crippen LogP contribution in [0.5, 0.6) is 0 Å². The van der Waals surface area contributed by atoms with E-state index in [0.717, 1.165) is 19.9 Å². The third-order valence-electron chi connectivity index (χ3n) is 4.74. The quantitative estimate of drug-likeness (QED) is 0.601. The maximum atomic E-state index is 13.3. The van der Waals surface area contributed by atoms with E-state index in [2.05, 4.69) is 4.98 Å². The molecular formula is C20H17F4NO. The summed E-state index contributed by atoms with van der Waals surface area (Å²) in [5.41, 5.74) is -0.0169. The van der Waals surface area contributed by atoms with Gasteiger partial charge in [0.05, 0.1) is 5.41 Å². The molecule has 0 bridgehead atoms. The maximum absolute atomic E-state index is 13.3. The van der Waals surface area contributed by atoms with Crippen molar-refractivity contribution in [3.63, 3.8) is 0 Å². The predicted molar refractivity (Wildman–Crippen MR) is 93.8 cm³/mol. The van der Waals surface area contributed by atoms with Crippen LogP contribution in [0.4, 0.5) is 17.6 Å². The Kier molecular flexibility index (Phi) is 4.17. The molecule has 1 heterocycles. The number of benzene rings is 2. The molecule has 2 aromatic carbocycles. The monoisotopic (exact) mass is 363 g/mol. The molecule has 0 radical (unpaired) electrons. The molecule has 0 atom stereocenters. The zero-order valence-electron chi connectivity index (χ0n) is 14.5. The second-order valence-corrected chi connectivity index (χ2v) is 6.89. The summed E-state index contributed by atoms with van der Waals surface area (Å²) in [6, 6.07) is 9.66. The third-order valence-corrected chi connectivity index (χ3v) is 4.74. The van der Waals surface area contributed by atoms with Crippen molar-refractivity contribution >= 4 is 10.9 Å². The SMILES string of the molecule is Cc1cc(C(C)(C)C(F)(F)F)ccc1-c1cc(=O)c2cc(F)ccc2[nH]1. The lowest BCUT2D eigenvalue weighted by molar-refractivity contribution is -0.180. The van der Waals surface area contributed by atoms with Gasteiger partial charge in [-0.2, -0.15) is 13.2 Å². The molecule has 1 aromatic heterocycles. The van der Waals surface area contributed by atoms with E-state index < -0.39 is 17.4 Å². The lowest BCUT2D eigenvalue weighted by Gasteiger charge is -2.29. The molecule has 0 saturated heterocycles. The Morgan fingerprint density at radius 2 is 1.65 bits per heavy atom. The van der Waals surface area contributed by atoms with E-state index in [1.807, 2.05) is 0 Å². The number of rotatable bonds is 2. The minimum absolute atomic E-state index is 0.149. The molecule has 0 unspecified atom stereocenters. The molecule has 0 fully saturated rings. The normalized spacial score (nSPS) is 12.6. The van der Waals surface area contributed by atoms with E-state index in [1.165, 1.54) is 30.3 Å². The Balaban J connectivity index is 2.13. The maximum Gasteiger partial charge on any atom is 0.397 e. The van der Waals surface area contributed by atoms with Crippen molar-refractivity contribution < 1.29 is 17.6 Å². The topological polar surface area (TPSA) is 32.9 Å². The van der Waals surface area contributed by atoms with Crippen molar-refractivity contribution in [2.45, 2.75) is 32.4 Å². The zero-order chi connectivity index (χ0) is 19.3. The van der Waals surface area contributed by atoms with Gasteiger partial charge in [0.25, 0.3) is 0 Å². The van der Waals surface area contributed by atoms with E-state index in [1.54, 1.807) is 13.0 Å². The molecule has 0 aliphatic rings. The number of fused-ring (bicyclic) bond motifs is 1. The van der Waals surface area contributed by atoms with Crippen LogP contribution in [-0.4, -0.2) is 11.2 Å². The Labute approximate surface area is 147 Å². The number of aryl methyl sites for hydroxylation is 1. The Morgan fingerprint density at radius 3 is 2.27 bits per heavy atom. The van der Waals surface area contributed by atoms with Crippen LogP contribution >= 0.6 is 0 Å². The van der Waals surface area contributed by atoms with Crippen LogP contribution in [-0.2, 0) is 5.41 Å². The number of alkyl halides is 3. The predicted octanol–water partition coefficient (Wildman–Crippen LogP) is 5.48. The molecule has 3 aromatic rings. The van der Waals surface area contributed by atoms with Gasteiger partial charge in [-0.3, -0.25) is 4.79 Å². The van der Waals surface area contributed by atoms with Crippen LogP contribution in [0.2, 0.25) is 0 Å². The van der Waals surface area contributed by atoms with Gasteiger partial charge in [-0.05, 0) is 50.1 Å². The van der Waals surface area contributed by atoms with Gasteiger partial charge >= 0.3 is 6.18 Å². The van der Waals surface area contributed by atoms with Gasteiger partial charge in [-0.25, -0.2) is 4.39 Å². The van der Waals surface area contributed by atoms with Gasteiger partial charge in [0.15, 0.2) is 5.43 Å². The fraction of sp³-hybridized carbons (Fsp3) is 0.250. The molecule has 3 rings (SSSR count). The average molecular weight is 363 g/mol. The number of aromatic nitrogens is 1. The number of hydrogen-bond donors (Lipinski definition) is 1. The molecule has 2 nitrogen and oxygen atoms in total. The van der Waals surface area contributed by atoms with Crippen LogP contribution in [0.15, 0.2) is 47.3 Å². The summed E-state index contributed by atoms with van der Waals surface area (Å²) in [5, 5.41) is 0.223. The first kappa shape index (κ1) is 18.2. The van der Waals surface area contributed by atoms with E-state index in [-0.39, 0.29) is 16.4 Å². The average Bonchev–Trinajstić information content (AvgIpc) is 2.54. The summed E-state index contributed by atoms with van der Waals surface area (Å²) in [7, 11) is 0. The second-order valence-electron chi connectivity index (χ2n) is 6.89. The Bertz CT molecular complexity index is 1050. The number of nitrogens with one attached hydrogen (secondary N) is 1. The summed E-state index contributed by atoms with van der Waals surface area (Å²) in [5.74, 6) is -0.509. The molecule has 0 saturated carbocycles. The van der Waals surface area contributed by atoms with E-state index in [0.29, 0.717) is 22.3 Å². The van der Waals surface area contributed by atoms with Crippen molar-refractivity contribution in [2.24, 2.45) is 0 Å². The molecule has 6 heteroatoms. The highest BCUT2D eigenvalue weighted by atomic mass is 19.4. The molecule has 136 valence electrons. The highest BCUT2D eigenvalue weighted by molar-refractivity contribution is 5.82. The fourth-order valence-electron chi connectivity index (χ4n) is 2.88. The summed E-state index contributed by atoms with van der Waals surface area (Å²) in [4.78, 5) is 15.3. The van der Waals surface area contributed by atoms with Gasteiger partial charge in [-0.1, -0.05) is 18.2 Å². The largest absolute Gasteiger partial charge is 0.397 e. The molecule has 0 aliphatic heterocycles. The van der Waals surface area contributed by atoms with E-state index in [4.69, 9.17) is 0 Å². The van der Waals surface area contributed by atoms with Gasteiger partial charge in [0.2, 0.25) is 0 Å². The number of hydrogen-bond acceptors (Lipinski definition) is 1. The summed E-state index contributed by atoms with van der Waals surface area (Å²) >= 11 is 0. The van der Waals surface area contributed by atoms with Crippen molar-refractivity contribution in [1.29, 1.82) is 0 Å². The van der Waals surface area contributed by atoms with Crippen molar-refractivity contribution in [3.8, 4) is 11.3 Å². The second kappa shape index (κ2) is 5.97. The minimum Gasteiger partial charge on any atom is -0.354 e. The number of halogens is 4. The van der Waals surface area contributed by atoms with Crippen LogP contribution in [0, 0.1) is 12.7 Å². The van der Waals surface area contributed by atoms with Crippen LogP contribution < -0.4 is 5.43 Å². The zero-order valence-corrected chi connectivity index (χ0v) is 14.5. The van der Waals surface area contributed by atoms with Crippen molar-refractivity contribution in [3.05, 3.63) is 69.6 Å². The first-order chi connectivity index (χ1) is 12.0. The van der Waals surface area contributed by atoms with Crippen LogP contribution in [0.1, 0.15) is 25.0 Å². The molecule has 0 aliphatic carbocycles. The molecule has 26 heavy (non-hydrogen) atoms. The molecule has 1 N–H and O–H groups in total. The smallest absolute Gasteiger partial charge is 0.354 e. The fourth-order valence-corrected chi connectivity index (χ4v) is 2.88. The standard InChI is InChI=1S/C20H17F4NO/c1-11-8-12(19(2,3)20(22,23)24)4-6-14(11)17-10-18(26)15-9-13(21)5-7-16(15)25-17/h4-10H,1-3H3,(H,25,26). The van der Waals surface area contributed by atoms with Crippen LogP contribution in [0.25, 0.3) is 22.2 Å². The molecule has 0 amide bonds. The number of pyridine rings is 1. The highest BCUT2D eigenvalue weighted by Crippen LogP contribution is 2.41. The Hall–Kier alpha value is -2.63. The summed E-state index contributed by atoms with van der Waals surface area (Å²) < 4.78 is 53.1. The third kappa shape index (κ3) is 3.00. The summed E-state index contributed by atoms with van der Waals surface area (Å²) in [6.45, 7) is 3.96. The Morgan fingerprint density at radius 1 is 0.962 bits per heavy atom. The molecule has 0 spiro atoms. The molecular weight excluding hydrogens is 346 g/mol. The van der Waals surface area contributed by atoms with Gasteiger partial charge < -0.3 is 4.98 Å². The lowest BCUT2D eigenvalue weighted by atomic mass is 9.82. The van der Waals surface area contributed by atoms with Crippen LogP contribution in [0.3, 0.4) is 0 Å². The van der Waals surface area contributed by atoms with Gasteiger partial charge in [0, 0.05) is 28.2 Å². The summed E-state index contributed by atoms with van der Waals surface area (Å²) in [6.07, 6.45) is -4.37. The van der Waals surface area contributed by atoms with E-state index in [9.17, 15) is 22.4 Å². The number of aromatic amines is 1. The van der Waals surface area contributed by atoms with Crippen molar-refractivity contribution in [2.75, 3.05) is 0 Å². The number of H-pyrrole nitrogens is 1. The first-order valence-electron chi connectivity index (χ1n) is 8.01. The van der Waals surface area contributed by atoms with Gasteiger partial charge in [-0.15, -0.1) is 0 Å². The van der Waals surface area contributed by atoms with Gasteiger partial charge in [0.1, 0.15) is 5.82 Å².